The van der Waals surface area contributed by atoms with Crippen molar-refractivity contribution < 1.29 is 4.39 Å². The van der Waals surface area contributed by atoms with Crippen LogP contribution in [0.4, 0.5) is 4.39 Å². The molecule has 0 aliphatic rings. The number of rotatable bonds is 6. The SMILES string of the molecule is CN=C(NCCCn1ccnc1)NCc1ccc(F)cc1.I. The fourth-order valence-corrected chi connectivity index (χ4v) is 1.90. The maximum absolute atomic E-state index is 12.8. The molecule has 0 radical (unpaired) electrons. The molecule has 0 saturated carbocycles. The number of nitrogens with one attached hydrogen (secondary N) is 2. The molecule has 0 fully saturated rings. The van der Waals surface area contributed by atoms with E-state index in [0.29, 0.717) is 6.54 Å². The Hall–Kier alpha value is -1.64. The summed E-state index contributed by atoms with van der Waals surface area (Å²) in [6.45, 7) is 2.35. The predicted molar refractivity (Wildman–Crippen MR) is 96.9 cm³/mol. The largest absolute Gasteiger partial charge is 0.356 e. The third kappa shape index (κ3) is 6.42. The minimum Gasteiger partial charge on any atom is -0.356 e. The van der Waals surface area contributed by atoms with Crippen LogP contribution < -0.4 is 10.6 Å². The molecule has 5 nitrogen and oxygen atoms in total. The maximum Gasteiger partial charge on any atom is 0.191 e. The molecule has 0 atom stereocenters. The molecule has 0 unspecified atom stereocenters. The summed E-state index contributed by atoms with van der Waals surface area (Å²) in [4.78, 5) is 8.16. The molecule has 2 aromatic rings. The fourth-order valence-electron chi connectivity index (χ4n) is 1.90. The van der Waals surface area contributed by atoms with Crippen LogP contribution in [-0.2, 0) is 13.1 Å². The highest BCUT2D eigenvalue weighted by molar-refractivity contribution is 14.0. The minimum atomic E-state index is -0.222. The molecular weight excluding hydrogens is 396 g/mol. The van der Waals surface area contributed by atoms with Crippen molar-refractivity contribution in [2.75, 3.05) is 13.6 Å². The van der Waals surface area contributed by atoms with E-state index in [9.17, 15) is 4.39 Å². The molecule has 0 bridgehead atoms. The summed E-state index contributed by atoms with van der Waals surface area (Å²) in [6, 6.07) is 6.43. The zero-order valence-electron chi connectivity index (χ0n) is 12.5. The third-order valence-electron chi connectivity index (χ3n) is 3.04. The molecule has 0 amide bonds. The van der Waals surface area contributed by atoms with E-state index in [1.54, 1.807) is 25.4 Å². The first-order valence-corrected chi connectivity index (χ1v) is 6.92. The first kappa shape index (κ1) is 18.4. The Balaban J connectivity index is 0.00000242. The average molecular weight is 417 g/mol. The number of aryl methyl sites for hydroxylation is 1. The van der Waals surface area contributed by atoms with Crippen LogP contribution in [0.25, 0.3) is 0 Å². The van der Waals surface area contributed by atoms with Crippen molar-refractivity contribution in [2.24, 2.45) is 4.99 Å². The number of hydrogen-bond donors (Lipinski definition) is 2. The van der Waals surface area contributed by atoms with Gasteiger partial charge in [-0.1, -0.05) is 12.1 Å². The molecule has 2 rings (SSSR count). The van der Waals surface area contributed by atoms with Crippen LogP contribution in [-0.4, -0.2) is 29.1 Å². The fraction of sp³-hybridized carbons (Fsp3) is 0.333. The van der Waals surface area contributed by atoms with Crippen molar-refractivity contribution in [3.8, 4) is 0 Å². The first-order chi connectivity index (χ1) is 10.3. The molecule has 0 saturated heterocycles. The van der Waals surface area contributed by atoms with Gasteiger partial charge in [-0.05, 0) is 24.1 Å². The number of aliphatic imine (C=N–C) groups is 1. The Bertz CT molecular complexity index is 554. The Morgan fingerprint density at radius 2 is 2.05 bits per heavy atom. The zero-order chi connectivity index (χ0) is 14.9. The smallest absolute Gasteiger partial charge is 0.191 e. The second-order valence-electron chi connectivity index (χ2n) is 4.63. The van der Waals surface area contributed by atoms with Crippen LogP contribution in [0.15, 0.2) is 48.0 Å². The van der Waals surface area contributed by atoms with Crippen LogP contribution in [0.2, 0.25) is 0 Å². The second kappa shape index (κ2) is 10.1. The predicted octanol–water partition coefficient (Wildman–Crippen LogP) is 2.40. The molecule has 0 aliphatic heterocycles. The van der Waals surface area contributed by atoms with Gasteiger partial charge in [-0.15, -0.1) is 24.0 Å². The van der Waals surface area contributed by atoms with E-state index in [0.717, 1.165) is 31.0 Å². The number of guanidine groups is 1. The van der Waals surface area contributed by atoms with Gasteiger partial charge in [0.2, 0.25) is 0 Å². The topological polar surface area (TPSA) is 54.2 Å². The van der Waals surface area contributed by atoms with Crippen LogP contribution in [0.5, 0.6) is 0 Å². The van der Waals surface area contributed by atoms with E-state index < -0.39 is 0 Å². The lowest BCUT2D eigenvalue weighted by Crippen LogP contribution is -2.37. The number of hydrogen-bond acceptors (Lipinski definition) is 2. The Morgan fingerprint density at radius 3 is 2.68 bits per heavy atom. The van der Waals surface area contributed by atoms with Crippen molar-refractivity contribution in [3.05, 3.63) is 54.4 Å². The number of benzene rings is 1. The standard InChI is InChI=1S/C15H20FN5.HI/c1-17-15(19-7-2-9-21-10-8-18-12-21)20-11-13-3-5-14(16)6-4-13;/h3-6,8,10,12H,2,7,9,11H2,1H3,(H2,17,19,20);1H. The van der Waals surface area contributed by atoms with E-state index in [-0.39, 0.29) is 29.8 Å². The van der Waals surface area contributed by atoms with Crippen molar-refractivity contribution in [1.82, 2.24) is 20.2 Å². The van der Waals surface area contributed by atoms with Crippen molar-refractivity contribution in [1.29, 1.82) is 0 Å². The van der Waals surface area contributed by atoms with Gasteiger partial charge < -0.3 is 15.2 Å². The summed E-state index contributed by atoms with van der Waals surface area (Å²) < 4.78 is 14.8. The van der Waals surface area contributed by atoms with Gasteiger partial charge in [-0.3, -0.25) is 4.99 Å². The number of aromatic nitrogens is 2. The summed E-state index contributed by atoms with van der Waals surface area (Å²) in [7, 11) is 1.73. The number of imidazole rings is 1. The highest BCUT2D eigenvalue weighted by atomic mass is 127. The Kier molecular flexibility index (Phi) is 8.49. The quantitative estimate of drug-likeness (QED) is 0.329. The summed E-state index contributed by atoms with van der Waals surface area (Å²) >= 11 is 0. The lowest BCUT2D eigenvalue weighted by molar-refractivity contribution is 0.623. The van der Waals surface area contributed by atoms with Crippen LogP contribution in [0, 0.1) is 5.82 Å². The highest BCUT2D eigenvalue weighted by Gasteiger charge is 1.98. The van der Waals surface area contributed by atoms with Gasteiger partial charge in [-0.2, -0.15) is 0 Å². The molecule has 7 heteroatoms. The van der Waals surface area contributed by atoms with Gasteiger partial charge >= 0.3 is 0 Å². The third-order valence-corrected chi connectivity index (χ3v) is 3.04. The van der Waals surface area contributed by atoms with Crippen LogP contribution in [0.3, 0.4) is 0 Å². The van der Waals surface area contributed by atoms with Gasteiger partial charge in [0.25, 0.3) is 0 Å². The van der Waals surface area contributed by atoms with Gasteiger partial charge in [0.15, 0.2) is 5.96 Å². The van der Waals surface area contributed by atoms with E-state index in [1.165, 1.54) is 12.1 Å². The van der Waals surface area contributed by atoms with Crippen LogP contribution >= 0.6 is 24.0 Å². The molecule has 0 aliphatic carbocycles. The minimum absolute atomic E-state index is 0. The van der Waals surface area contributed by atoms with Gasteiger partial charge in [0.1, 0.15) is 5.82 Å². The Morgan fingerprint density at radius 1 is 1.27 bits per heavy atom. The molecule has 1 aromatic carbocycles. The van der Waals surface area contributed by atoms with E-state index >= 15 is 0 Å². The molecule has 120 valence electrons. The molecular formula is C15H21FIN5. The van der Waals surface area contributed by atoms with Gasteiger partial charge in [-0.25, -0.2) is 9.37 Å². The summed E-state index contributed by atoms with van der Waals surface area (Å²) in [5.41, 5.74) is 1.01. The number of halogens is 2. The molecule has 1 heterocycles. The lowest BCUT2D eigenvalue weighted by Gasteiger charge is -2.12. The average Bonchev–Trinajstić information content (AvgIpc) is 3.01. The molecule has 22 heavy (non-hydrogen) atoms. The number of nitrogens with zero attached hydrogens (tertiary/aromatic N) is 3. The normalized spacial score (nSPS) is 10.9. The van der Waals surface area contributed by atoms with Crippen molar-refractivity contribution >= 4 is 29.9 Å². The summed E-state index contributed by atoms with van der Waals surface area (Å²) in [5, 5.41) is 6.44. The monoisotopic (exact) mass is 417 g/mol. The van der Waals surface area contributed by atoms with E-state index in [4.69, 9.17) is 0 Å². The summed E-state index contributed by atoms with van der Waals surface area (Å²) in [6.07, 6.45) is 6.51. The van der Waals surface area contributed by atoms with E-state index in [1.807, 2.05) is 17.1 Å². The second-order valence-corrected chi connectivity index (χ2v) is 4.63. The van der Waals surface area contributed by atoms with Gasteiger partial charge in [0, 0.05) is 39.1 Å². The van der Waals surface area contributed by atoms with Crippen molar-refractivity contribution in [3.63, 3.8) is 0 Å². The van der Waals surface area contributed by atoms with Crippen molar-refractivity contribution in [2.45, 2.75) is 19.5 Å². The Labute approximate surface area is 147 Å². The zero-order valence-corrected chi connectivity index (χ0v) is 14.8. The summed E-state index contributed by atoms with van der Waals surface area (Å²) in [5.74, 6) is 0.519. The van der Waals surface area contributed by atoms with Crippen LogP contribution in [0.1, 0.15) is 12.0 Å². The molecule has 2 N–H and O–H groups in total. The molecule has 0 spiro atoms. The van der Waals surface area contributed by atoms with Gasteiger partial charge in [0.05, 0.1) is 6.33 Å². The first-order valence-electron chi connectivity index (χ1n) is 6.92. The lowest BCUT2D eigenvalue weighted by atomic mass is 10.2. The van der Waals surface area contributed by atoms with E-state index in [2.05, 4.69) is 20.6 Å². The maximum atomic E-state index is 12.8. The molecule has 1 aromatic heterocycles. The highest BCUT2D eigenvalue weighted by Crippen LogP contribution is 2.01.